The van der Waals surface area contributed by atoms with Crippen molar-refractivity contribution < 1.29 is 14.0 Å². The molecule has 0 unspecified atom stereocenters. The molecule has 2 heterocycles. The average molecular weight is 491 g/mol. The molecular weight excluding hydrogens is 471 g/mol. The van der Waals surface area contributed by atoms with Crippen molar-refractivity contribution in [3.63, 3.8) is 0 Å². The minimum absolute atomic E-state index is 0.00378. The molecule has 10 heteroatoms. The van der Waals surface area contributed by atoms with E-state index in [0.29, 0.717) is 11.3 Å². The van der Waals surface area contributed by atoms with Gasteiger partial charge >= 0.3 is 0 Å². The van der Waals surface area contributed by atoms with Crippen LogP contribution in [0.4, 0.5) is 16.0 Å². The first-order valence-corrected chi connectivity index (χ1v) is 11.3. The fourth-order valence-electron chi connectivity index (χ4n) is 3.52. The summed E-state index contributed by atoms with van der Waals surface area (Å²) in [6, 6.07) is 17.8. The molecule has 1 fully saturated rings. The number of hydrogen-bond acceptors (Lipinski definition) is 5. The smallest absolute Gasteiger partial charge is 0.272 e. The number of halogens is 2. The highest BCUT2D eigenvalue weighted by Gasteiger charge is 2.26. The molecule has 0 radical (unpaired) electrons. The summed E-state index contributed by atoms with van der Waals surface area (Å²) in [6.45, 7) is 0. The lowest BCUT2D eigenvalue weighted by Crippen LogP contribution is -2.25. The van der Waals surface area contributed by atoms with Gasteiger partial charge in [0.1, 0.15) is 23.1 Å². The van der Waals surface area contributed by atoms with Crippen LogP contribution in [0.2, 0.25) is 5.02 Å². The molecule has 0 saturated heterocycles. The van der Waals surface area contributed by atoms with Crippen LogP contribution in [-0.2, 0) is 0 Å². The maximum atomic E-state index is 14.3. The number of carbonyl (C=O) groups excluding carboxylic acids is 2. The Morgan fingerprint density at radius 3 is 2.54 bits per heavy atom. The molecule has 4 N–H and O–H groups in total. The molecule has 0 spiro atoms. The van der Waals surface area contributed by atoms with Crippen LogP contribution in [0.5, 0.6) is 0 Å². The molecule has 2 aromatic heterocycles. The first kappa shape index (κ1) is 22.5. The SMILES string of the molecule is Nc1ccc(F)c(-c2ccc(Cl)c(C(=O)Nc3cc(C(=O)NC4CC4)nn3-c3ccccc3)c2)n1. The van der Waals surface area contributed by atoms with Crippen LogP contribution in [-0.4, -0.2) is 32.6 Å². The number of nitrogens with one attached hydrogen (secondary N) is 2. The molecule has 0 bridgehead atoms. The van der Waals surface area contributed by atoms with Gasteiger partial charge in [-0.3, -0.25) is 9.59 Å². The predicted molar refractivity (Wildman–Crippen MR) is 131 cm³/mol. The Labute approximate surface area is 204 Å². The van der Waals surface area contributed by atoms with Crippen LogP contribution in [0, 0.1) is 5.82 Å². The van der Waals surface area contributed by atoms with E-state index < -0.39 is 11.7 Å². The normalized spacial score (nSPS) is 12.9. The van der Waals surface area contributed by atoms with Crippen LogP contribution < -0.4 is 16.4 Å². The first-order valence-electron chi connectivity index (χ1n) is 10.9. The molecule has 0 aliphatic heterocycles. The van der Waals surface area contributed by atoms with Gasteiger partial charge in [-0.2, -0.15) is 5.10 Å². The maximum absolute atomic E-state index is 14.3. The minimum Gasteiger partial charge on any atom is -0.384 e. The highest BCUT2D eigenvalue weighted by atomic mass is 35.5. The lowest BCUT2D eigenvalue weighted by atomic mass is 10.1. The van der Waals surface area contributed by atoms with Crippen molar-refractivity contribution in [2.75, 3.05) is 11.1 Å². The fourth-order valence-corrected chi connectivity index (χ4v) is 3.73. The van der Waals surface area contributed by atoms with Gasteiger partial charge in [-0.1, -0.05) is 35.9 Å². The Bertz CT molecular complexity index is 1440. The lowest BCUT2D eigenvalue weighted by Gasteiger charge is -2.11. The van der Waals surface area contributed by atoms with E-state index in [0.717, 1.165) is 12.8 Å². The van der Waals surface area contributed by atoms with Gasteiger partial charge in [0.05, 0.1) is 16.3 Å². The van der Waals surface area contributed by atoms with Crippen molar-refractivity contribution in [2.45, 2.75) is 18.9 Å². The van der Waals surface area contributed by atoms with E-state index in [1.807, 2.05) is 18.2 Å². The quantitative estimate of drug-likeness (QED) is 0.369. The maximum Gasteiger partial charge on any atom is 0.272 e. The molecule has 176 valence electrons. The number of hydrogen-bond donors (Lipinski definition) is 3. The van der Waals surface area contributed by atoms with E-state index in [9.17, 15) is 14.0 Å². The van der Waals surface area contributed by atoms with Crippen molar-refractivity contribution in [1.29, 1.82) is 0 Å². The number of pyridine rings is 1. The summed E-state index contributed by atoms with van der Waals surface area (Å²) < 4.78 is 15.8. The number of amides is 2. The summed E-state index contributed by atoms with van der Waals surface area (Å²) in [5.74, 6) is -1.04. The third-order valence-electron chi connectivity index (χ3n) is 5.45. The molecule has 2 amide bonds. The zero-order valence-corrected chi connectivity index (χ0v) is 19.1. The molecule has 1 aliphatic carbocycles. The Balaban J connectivity index is 1.49. The summed E-state index contributed by atoms with van der Waals surface area (Å²) in [5.41, 5.74) is 6.96. The monoisotopic (exact) mass is 490 g/mol. The summed E-state index contributed by atoms with van der Waals surface area (Å²) in [5, 5.41) is 10.2. The first-order chi connectivity index (χ1) is 16.9. The van der Waals surface area contributed by atoms with E-state index in [2.05, 4.69) is 20.7 Å². The van der Waals surface area contributed by atoms with Gasteiger partial charge in [0.25, 0.3) is 11.8 Å². The Morgan fingerprint density at radius 1 is 1.03 bits per heavy atom. The minimum atomic E-state index is -0.582. The summed E-state index contributed by atoms with van der Waals surface area (Å²) in [7, 11) is 0. The van der Waals surface area contributed by atoms with Gasteiger partial charge in [-0.15, -0.1) is 0 Å². The van der Waals surface area contributed by atoms with E-state index >= 15 is 0 Å². The zero-order chi connectivity index (χ0) is 24.5. The zero-order valence-electron chi connectivity index (χ0n) is 18.3. The average Bonchev–Trinajstić information content (AvgIpc) is 3.57. The Kier molecular flexibility index (Phi) is 5.92. The van der Waals surface area contributed by atoms with Crippen molar-refractivity contribution in [2.24, 2.45) is 0 Å². The topological polar surface area (TPSA) is 115 Å². The Morgan fingerprint density at radius 2 is 1.80 bits per heavy atom. The lowest BCUT2D eigenvalue weighted by molar-refractivity contribution is 0.0944. The largest absolute Gasteiger partial charge is 0.384 e. The van der Waals surface area contributed by atoms with Crippen molar-refractivity contribution in [3.05, 3.63) is 88.8 Å². The third-order valence-corrected chi connectivity index (χ3v) is 5.78. The number of para-hydroxylation sites is 1. The van der Waals surface area contributed by atoms with Crippen molar-refractivity contribution in [3.8, 4) is 16.9 Å². The highest BCUT2D eigenvalue weighted by Crippen LogP contribution is 2.28. The second-order valence-corrected chi connectivity index (χ2v) is 8.53. The summed E-state index contributed by atoms with van der Waals surface area (Å²) >= 11 is 6.31. The second kappa shape index (κ2) is 9.19. The number of nitrogens with two attached hydrogens (primary N) is 1. The number of nitrogens with zero attached hydrogens (tertiary/aromatic N) is 3. The van der Waals surface area contributed by atoms with E-state index in [-0.39, 0.29) is 45.6 Å². The number of rotatable bonds is 6. The van der Waals surface area contributed by atoms with Gasteiger partial charge in [-0.05, 0) is 49.2 Å². The second-order valence-electron chi connectivity index (χ2n) is 8.13. The van der Waals surface area contributed by atoms with Gasteiger partial charge in [0.15, 0.2) is 5.69 Å². The van der Waals surface area contributed by atoms with Crippen LogP contribution in [0.25, 0.3) is 16.9 Å². The predicted octanol–water partition coefficient (Wildman–Crippen LogP) is 4.45. The molecule has 8 nitrogen and oxygen atoms in total. The number of benzene rings is 2. The Hall–Kier alpha value is -4.24. The number of nitrogen functional groups attached to an aromatic ring is 1. The van der Waals surface area contributed by atoms with Gasteiger partial charge in [0.2, 0.25) is 0 Å². The van der Waals surface area contributed by atoms with Crippen LogP contribution in [0.3, 0.4) is 0 Å². The molecule has 4 aromatic rings. The summed E-state index contributed by atoms with van der Waals surface area (Å²) in [4.78, 5) is 29.9. The summed E-state index contributed by atoms with van der Waals surface area (Å²) in [6.07, 6.45) is 1.87. The molecule has 1 saturated carbocycles. The van der Waals surface area contributed by atoms with Gasteiger partial charge in [-0.25, -0.2) is 14.1 Å². The number of aromatic nitrogens is 3. The molecule has 2 aromatic carbocycles. The van der Waals surface area contributed by atoms with E-state index in [1.54, 1.807) is 18.2 Å². The molecule has 5 rings (SSSR count). The standard InChI is InChI=1S/C25H20ClFN6O2/c26-18-9-6-14(23-19(27)10-11-21(28)30-23)12-17(18)24(34)31-22-13-20(25(35)29-15-7-8-15)32-33(22)16-4-2-1-3-5-16/h1-6,9-13,15H,7-8H2,(H2,28,30)(H,29,35)(H,31,34). The van der Waals surface area contributed by atoms with Crippen molar-refractivity contribution >= 4 is 35.1 Å². The van der Waals surface area contributed by atoms with Crippen LogP contribution in [0.15, 0.2) is 66.7 Å². The van der Waals surface area contributed by atoms with Gasteiger partial charge < -0.3 is 16.4 Å². The molecule has 35 heavy (non-hydrogen) atoms. The molecule has 1 aliphatic rings. The fraction of sp³-hybridized carbons (Fsp3) is 0.120. The number of anilines is 2. The van der Waals surface area contributed by atoms with Crippen LogP contribution in [0.1, 0.15) is 33.7 Å². The van der Waals surface area contributed by atoms with Crippen LogP contribution >= 0.6 is 11.6 Å². The van der Waals surface area contributed by atoms with E-state index in [1.165, 1.54) is 35.0 Å². The number of carbonyl (C=O) groups is 2. The van der Waals surface area contributed by atoms with Gasteiger partial charge in [0, 0.05) is 17.7 Å². The molecule has 0 atom stereocenters. The molecular formula is C25H20ClFN6O2. The van der Waals surface area contributed by atoms with Crippen molar-refractivity contribution in [1.82, 2.24) is 20.1 Å². The highest BCUT2D eigenvalue weighted by molar-refractivity contribution is 6.34. The van der Waals surface area contributed by atoms with E-state index in [4.69, 9.17) is 17.3 Å². The third kappa shape index (κ3) is 4.85.